The number of nitrogens with zero attached hydrogens (tertiary/aromatic N) is 2. The van der Waals surface area contributed by atoms with Crippen LogP contribution in [-0.2, 0) is 6.18 Å². The first-order chi connectivity index (χ1) is 9.38. The van der Waals surface area contributed by atoms with Crippen LogP contribution in [0.15, 0.2) is 36.7 Å². The molecule has 2 heterocycles. The van der Waals surface area contributed by atoms with E-state index in [0.29, 0.717) is 5.69 Å². The van der Waals surface area contributed by atoms with Crippen LogP contribution in [0.25, 0.3) is 0 Å². The number of halogens is 3. The van der Waals surface area contributed by atoms with Crippen LogP contribution in [0.2, 0.25) is 0 Å². The van der Waals surface area contributed by atoms with Gasteiger partial charge in [0.15, 0.2) is 0 Å². The first-order valence-electron chi connectivity index (χ1n) is 5.88. The second-order valence-electron chi connectivity index (χ2n) is 4.28. The molecule has 2 aromatic heterocycles. The monoisotopic (exact) mass is 282 g/mol. The highest BCUT2D eigenvalue weighted by atomic mass is 19.4. The van der Waals surface area contributed by atoms with Crippen molar-refractivity contribution in [3.05, 3.63) is 48.0 Å². The van der Waals surface area contributed by atoms with E-state index in [1.807, 2.05) is 0 Å². The summed E-state index contributed by atoms with van der Waals surface area (Å²) in [6.07, 6.45) is -1.89. The topological polar surface area (TPSA) is 63.8 Å². The third-order valence-corrected chi connectivity index (χ3v) is 2.73. The zero-order chi connectivity index (χ0) is 14.8. The smallest absolute Gasteiger partial charge is 0.396 e. The first kappa shape index (κ1) is 14.1. The van der Waals surface area contributed by atoms with Gasteiger partial charge < -0.3 is 11.1 Å². The van der Waals surface area contributed by atoms with E-state index in [1.54, 1.807) is 31.3 Å². The third-order valence-electron chi connectivity index (χ3n) is 2.73. The number of alkyl halides is 3. The van der Waals surface area contributed by atoms with Crippen molar-refractivity contribution >= 4 is 11.4 Å². The van der Waals surface area contributed by atoms with E-state index in [2.05, 4.69) is 15.3 Å². The molecule has 0 radical (unpaired) electrons. The Kier molecular flexibility index (Phi) is 3.78. The zero-order valence-electron chi connectivity index (χ0n) is 10.6. The van der Waals surface area contributed by atoms with Gasteiger partial charge in [-0.1, -0.05) is 6.07 Å². The number of anilines is 2. The summed E-state index contributed by atoms with van der Waals surface area (Å²) in [5.74, 6) is 0. The molecule has 106 valence electrons. The molecule has 0 aromatic carbocycles. The van der Waals surface area contributed by atoms with Crippen molar-refractivity contribution in [1.29, 1.82) is 0 Å². The summed E-state index contributed by atoms with van der Waals surface area (Å²) in [4.78, 5) is 7.42. The summed E-state index contributed by atoms with van der Waals surface area (Å²) in [6, 6.07) is 5.96. The maximum atomic E-state index is 12.6. The molecule has 0 amide bonds. The van der Waals surface area contributed by atoms with E-state index >= 15 is 0 Å². The van der Waals surface area contributed by atoms with Crippen molar-refractivity contribution in [3.8, 4) is 0 Å². The Morgan fingerprint density at radius 1 is 1.25 bits per heavy atom. The highest BCUT2D eigenvalue weighted by Crippen LogP contribution is 2.32. The number of pyridine rings is 2. The van der Waals surface area contributed by atoms with Gasteiger partial charge in [0.05, 0.1) is 29.3 Å². The molecule has 2 aromatic rings. The van der Waals surface area contributed by atoms with E-state index in [1.165, 1.54) is 0 Å². The van der Waals surface area contributed by atoms with Crippen molar-refractivity contribution in [1.82, 2.24) is 9.97 Å². The lowest BCUT2D eigenvalue weighted by atomic mass is 10.2. The molecule has 1 atom stereocenters. The molecule has 3 N–H and O–H groups in total. The van der Waals surface area contributed by atoms with E-state index in [9.17, 15) is 13.2 Å². The molecule has 0 bridgehead atoms. The molecular formula is C13H13F3N4. The van der Waals surface area contributed by atoms with Crippen LogP contribution in [0, 0.1) is 0 Å². The molecule has 7 heteroatoms. The van der Waals surface area contributed by atoms with Crippen molar-refractivity contribution in [3.63, 3.8) is 0 Å². The van der Waals surface area contributed by atoms with E-state index in [0.717, 1.165) is 12.3 Å². The highest BCUT2D eigenvalue weighted by Gasteiger charge is 2.33. The van der Waals surface area contributed by atoms with Gasteiger partial charge in [0.1, 0.15) is 5.69 Å². The van der Waals surface area contributed by atoms with E-state index in [-0.39, 0.29) is 17.4 Å². The number of nitrogens with one attached hydrogen (secondary N) is 1. The molecule has 4 nitrogen and oxygen atoms in total. The van der Waals surface area contributed by atoms with Gasteiger partial charge in [-0.25, -0.2) is 4.98 Å². The summed E-state index contributed by atoms with van der Waals surface area (Å²) in [6.45, 7) is 1.79. The van der Waals surface area contributed by atoms with Crippen molar-refractivity contribution in [2.24, 2.45) is 0 Å². The molecule has 0 fully saturated rings. The van der Waals surface area contributed by atoms with Crippen molar-refractivity contribution in [2.45, 2.75) is 19.1 Å². The van der Waals surface area contributed by atoms with E-state index < -0.39 is 11.9 Å². The lowest BCUT2D eigenvalue weighted by Crippen LogP contribution is -2.13. The van der Waals surface area contributed by atoms with Crippen LogP contribution in [-0.4, -0.2) is 9.97 Å². The summed E-state index contributed by atoms with van der Waals surface area (Å²) in [5, 5.41) is 2.91. The molecule has 0 aliphatic rings. The van der Waals surface area contributed by atoms with Gasteiger partial charge in [0, 0.05) is 6.20 Å². The van der Waals surface area contributed by atoms with Crippen LogP contribution in [0.5, 0.6) is 0 Å². The predicted octanol–water partition coefficient (Wildman–Crippen LogP) is 3.25. The Balaban J connectivity index is 2.25. The van der Waals surface area contributed by atoms with Crippen molar-refractivity contribution < 1.29 is 13.2 Å². The Morgan fingerprint density at radius 3 is 2.60 bits per heavy atom. The highest BCUT2D eigenvalue weighted by molar-refractivity contribution is 5.66. The molecule has 20 heavy (non-hydrogen) atoms. The van der Waals surface area contributed by atoms with Crippen LogP contribution in [0.4, 0.5) is 24.5 Å². The average Bonchev–Trinajstić information content (AvgIpc) is 2.41. The zero-order valence-corrected chi connectivity index (χ0v) is 10.6. The fourth-order valence-electron chi connectivity index (χ4n) is 1.69. The summed E-state index contributed by atoms with van der Waals surface area (Å²) >= 11 is 0. The van der Waals surface area contributed by atoms with Crippen LogP contribution in [0.3, 0.4) is 0 Å². The Bertz CT molecular complexity index is 584. The molecule has 2 rings (SSSR count). The van der Waals surface area contributed by atoms with Gasteiger partial charge in [-0.15, -0.1) is 0 Å². The molecule has 0 saturated heterocycles. The molecule has 0 spiro atoms. The normalized spacial score (nSPS) is 13.0. The summed E-state index contributed by atoms with van der Waals surface area (Å²) in [7, 11) is 0. The fourth-order valence-corrected chi connectivity index (χ4v) is 1.69. The van der Waals surface area contributed by atoms with Gasteiger partial charge in [0.25, 0.3) is 0 Å². The largest absolute Gasteiger partial charge is 0.433 e. The van der Waals surface area contributed by atoms with Gasteiger partial charge >= 0.3 is 6.18 Å². The molecule has 0 saturated carbocycles. The Hall–Kier alpha value is -2.31. The number of nitrogen functional groups attached to an aromatic ring is 1. The van der Waals surface area contributed by atoms with E-state index in [4.69, 9.17) is 5.73 Å². The fraction of sp³-hybridized carbons (Fsp3) is 0.231. The number of nitrogens with two attached hydrogens (primary N) is 1. The van der Waals surface area contributed by atoms with Gasteiger partial charge in [-0.2, -0.15) is 13.2 Å². The predicted molar refractivity (Wildman–Crippen MR) is 69.9 cm³/mol. The van der Waals surface area contributed by atoms with Gasteiger partial charge in [-0.3, -0.25) is 4.98 Å². The third kappa shape index (κ3) is 3.17. The lowest BCUT2D eigenvalue weighted by molar-refractivity contribution is -0.141. The lowest BCUT2D eigenvalue weighted by Gasteiger charge is -2.17. The minimum atomic E-state index is -4.50. The number of aromatic nitrogens is 2. The number of rotatable bonds is 3. The maximum absolute atomic E-state index is 12.6. The average molecular weight is 282 g/mol. The van der Waals surface area contributed by atoms with Gasteiger partial charge in [0.2, 0.25) is 0 Å². The number of hydrogen-bond acceptors (Lipinski definition) is 4. The summed E-state index contributed by atoms with van der Waals surface area (Å²) in [5.41, 5.74) is 5.71. The Labute approximate surface area is 113 Å². The summed E-state index contributed by atoms with van der Waals surface area (Å²) < 4.78 is 37.8. The maximum Gasteiger partial charge on any atom is 0.433 e. The SMILES string of the molecule is CC(Nc1cc(C(F)(F)F)ncc1N)c1ccccn1. The minimum absolute atomic E-state index is 0.154. The van der Waals surface area contributed by atoms with Crippen LogP contribution >= 0.6 is 0 Å². The quantitative estimate of drug-likeness (QED) is 0.907. The van der Waals surface area contributed by atoms with Crippen LogP contribution < -0.4 is 11.1 Å². The number of hydrogen-bond donors (Lipinski definition) is 2. The van der Waals surface area contributed by atoms with Crippen LogP contribution in [0.1, 0.15) is 24.4 Å². The van der Waals surface area contributed by atoms with Gasteiger partial charge in [-0.05, 0) is 25.1 Å². The second kappa shape index (κ2) is 5.36. The molecule has 0 aliphatic heterocycles. The standard InChI is InChI=1S/C13H13F3N4/c1-8(10-4-2-3-5-18-10)20-11-6-12(13(14,15)16)19-7-9(11)17/h2-8H,17H2,1H3,(H,19,20). The first-order valence-corrected chi connectivity index (χ1v) is 5.88. The van der Waals surface area contributed by atoms with Crippen molar-refractivity contribution in [2.75, 3.05) is 11.1 Å². The Morgan fingerprint density at radius 2 is 2.00 bits per heavy atom. The molecule has 0 aliphatic carbocycles. The molecule has 1 unspecified atom stereocenters. The molecular weight excluding hydrogens is 269 g/mol. The minimum Gasteiger partial charge on any atom is -0.396 e. The second-order valence-corrected chi connectivity index (χ2v) is 4.28.